The maximum Gasteiger partial charge on any atom is 0.222 e. The van der Waals surface area contributed by atoms with E-state index in [1.54, 1.807) is 6.08 Å². The summed E-state index contributed by atoms with van der Waals surface area (Å²) in [5.41, 5.74) is 0. The summed E-state index contributed by atoms with van der Waals surface area (Å²) in [5.74, 6) is -0.309. The summed E-state index contributed by atoms with van der Waals surface area (Å²) in [6.07, 6.45) is 61.1. The van der Waals surface area contributed by atoms with Gasteiger partial charge in [0.05, 0.1) is 31.3 Å². The van der Waals surface area contributed by atoms with Crippen molar-refractivity contribution >= 4 is 5.91 Å². The van der Waals surface area contributed by atoms with Crippen molar-refractivity contribution in [1.82, 2.24) is 5.32 Å². The first kappa shape index (κ1) is 58.1. The first-order valence-corrected chi connectivity index (χ1v) is 27.0. The van der Waals surface area contributed by atoms with Gasteiger partial charge in [0.15, 0.2) is 0 Å². The van der Waals surface area contributed by atoms with Crippen LogP contribution in [0.2, 0.25) is 0 Å². The molecule has 0 aromatic rings. The molecule has 0 heterocycles. The fraction of sp³-hybridized carbons (Fsp3) is 0.944. The van der Waals surface area contributed by atoms with Gasteiger partial charge in [0.2, 0.25) is 5.91 Å². The molecule has 0 spiro atoms. The van der Waals surface area contributed by atoms with E-state index in [1.807, 2.05) is 6.08 Å². The fourth-order valence-corrected chi connectivity index (χ4v) is 8.70. The molecule has 1 amide bonds. The number of carbonyl (C=O) groups is 1. The van der Waals surface area contributed by atoms with Crippen molar-refractivity contribution in [2.75, 3.05) is 6.61 Å². The van der Waals surface area contributed by atoms with E-state index >= 15 is 0 Å². The van der Waals surface area contributed by atoms with Crippen molar-refractivity contribution in [2.24, 2.45) is 0 Å². The first-order valence-electron chi connectivity index (χ1n) is 27.0. The minimum Gasteiger partial charge on any atom is -0.394 e. The van der Waals surface area contributed by atoms with Gasteiger partial charge in [0.25, 0.3) is 0 Å². The van der Waals surface area contributed by atoms with Gasteiger partial charge in [-0.3, -0.25) is 4.79 Å². The largest absolute Gasteiger partial charge is 0.394 e. The number of carbonyl (C=O) groups excluding carboxylic acids is 1. The molecule has 3 unspecified atom stereocenters. The summed E-state index contributed by atoms with van der Waals surface area (Å²) < 4.78 is 0. The molecule has 0 saturated heterocycles. The van der Waals surface area contributed by atoms with Crippen LogP contribution in [0.15, 0.2) is 12.2 Å². The number of amides is 1. The SMILES string of the molecule is CCCCCCCCCCCCCCCC/C=C/C(O)C(CO)NC(=O)CC(O)CCCCCCCCCCCCCCCCCCCCCCCCCCCCCC. The van der Waals surface area contributed by atoms with E-state index in [4.69, 9.17) is 0 Å². The monoisotopic (exact) mass is 834 g/mol. The van der Waals surface area contributed by atoms with Crippen LogP contribution < -0.4 is 5.32 Å². The van der Waals surface area contributed by atoms with Crippen LogP contribution in [-0.4, -0.2) is 46.1 Å². The molecule has 3 atom stereocenters. The van der Waals surface area contributed by atoms with Crippen LogP contribution in [0.1, 0.15) is 303 Å². The minimum absolute atomic E-state index is 0.0193. The lowest BCUT2D eigenvalue weighted by molar-refractivity contribution is -0.124. The van der Waals surface area contributed by atoms with Crippen LogP contribution in [0.25, 0.3) is 0 Å². The lowest BCUT2D eigenvalue weighted by atomic mass is 10.0. The lowest BCUT2D eigenvalue weighted by Crippen LogP contribution is -2.45. The van der Waals surface area contributed by atoms with Crippen LogP contribution in [0.4, 0.5) is 0 Å². The number of allylic oxidation sites excluding steroid dienone is 1. The Morgan fingerprint density at radius 3 is 0.983 bits per heavy atom. The Labute approximate surface area is 369 Å². The minimum atomic E-state index is -0.925. The highest BCUT2D eigenvalue weighted by Crippen LogP contribution is 2.18. The van der Waals surface area contributed by atoms with Crippen LogP contribution in [0, 0.1) is 0 Å². The van der Waals surface area contributed by atoms with E-state index in [9.17, 15) is 20.1 Å². The molecular weight excluding hydrogens is 727 g/mol. The second kappa shape index (κ2) is 49.7. The molecule has 0 bridgehead atoms. The Balaban J connectivity index is 3.51. The average Bonchev–Trinajstić information content (AvgIpc) is 3.23. The molecule has 0 radical (unpaired) electrons. The number of nitrogens with one attached hydrogen (secondary N) is 1. The van der Waals surface area contributed by atoms with Crippen molar-refractivity contribution in [2.45, 2.75) is 321 Å². The standard InChI is InChI=1S/C54H107NO4/c1-3-5-7-9-11-13-15-17-19-21-22-23-24-25-26-27-28-29-30-31-32-33-35-37-39-41-43-45-47-51(57)49-54(59)55-52(50-56)53(58)48-46-44-42-40-38-36-34-20-18-16-14-12-10-8-6-4-2/h46,48,51-53,56-58H,3-45,47,49-50H2,1-2H3,(H,55,59)/b48-46+. The normalized spacial score (nSPS) is 13.4. The van der Waals surface area contributed by atoms with Crippen molar-refractivity contribution in [1.29, 1.82) is 0 Å². The van der Waals surface area contributed by atoms with Gasteiger partial charge >= 0.3 is 0 Å². The zero-order valence-corrected chi connectivity index (χ0v) is 40.2. The smallest absolute Gasteiger partial charge is 0.222 e. The van der Waals surface area contributed by atoms with Gasteiger partial charge in [0, 0.05) is 0 Å². The molecule has 0 saturated carbocycles. The first-order chi connectivity index (χ1) is 29.0. The molecule has 0 aromatic heterocycles. The summed E-state index contributed by atoms with van der Waals surface area (Å²) >= 11 is 0. The molecule has 0 aliphatic heterocycles. The molecule has 5 nitrogen and oxygen atoms in total. The molecule has 0 aromatic carbocycles. The van der Waals surface area contributed by atoms with Gasteiger partial charge in [-0.05, 0) is 19.3 Å². The number of aliphatic hydroxyl groups is 3. The highest BCUT2D eigenvalue weighted by molar-refractivity contribution is 5.76. The highest BCUT2D eigenvalue weighted by atomic mass is 16.3. The molecule has 5 heteroatoms. The molecule has 0 aliphatic carbocycles. The van der Waals surface area contributed by atoms with Crippen molar-refractivity contribution in [3.63, 3.8) is 0 Å². The molecule has 0 fully saturated rings. The van der Waals surface area contributed by atoms with Gasteiger partial charge in [-0.1, -0.05) is 289 Å². The summed E-state index contributed by atoms with van der Waals surface area (Å²) in [5, 5.41) is 33.4. The Hall–Kier alpha value is -0.910. The Bertz CT molecular complexity index is 833. The van der Waals surface area contributed by atoms with Gasteiger partial charge in [0.1, 0.15) is 0 Å². The topological polar surface area (TPSA) is 89.8 Å². The Morgan fingerprint density at radius 1 is 0.424 bits per heavy atom. The van der Waals surface area contributed by atoms with Gasteiger partial charge in [-0.25, -0.2) is 0 Å². The van der Waals surface area contributed by atoms with E-state index in [1.165, 1.54) is 250 Å². The van der Waals surface area contributed by atoms with Crippen molar-refractivity contribution in [3.8, 4) is 0 Å². The van der Waals surface area contributed by atoms with Gasteiger partial charge < -0.3 is 20.6 Å². The quantitative estimate of drug-likeness (QED) is 0.0363. The average molecular weight is 834 g/mol. The van der Waals surface area contributed by atoms with Crippen LogP contribution in [0.5, 0.6) is 0 Å². The van der Waals surface area contributed by atoms with Gasteiger partial charge in [-0.2, -0.15) is 0 Å². The Kier molecular flexibility index (Phi) is 49.0. The summed E-state index contributed by atoms with van der Waals surface area (Å²) in [6, 6.07) is -0.740. The molecule has 0 aliphatic rings. The van der Waals surface area contributed by atoms with E-state index in [0.717, 1.165) is 25.7 Å². The van der Waals surface area contributed by atoms with Crippen LogP contribution >= 0.6 is 0 Å². The van der Waals surface area contributed by atoms with Gasteiger partial charge in [-0.15, -0.1) is 0 Å². The molecule has 0 rings (SSSR count). The third-order valence-corrected chi connectivity index (χ3v) is 12.8. The Morgan fingerprint density at radius 2 is 0.695 bits per heavy atom. The zero-order valence-electron chi connectivity index (χ0n) is 40.2. The molecule has 352 valence electrons. The number of rotatable bonds is 50. The third kappa shape index (κ3) is 46.4. The van der Waals surface area contributed by atoms with E-state index in [-0.39, 0.29) is 18.9 Å². The van der Waals surface area contributed by atoms with Crippen molar-refractivity contribution in [3.05, 3.63) is 12.2 Å². The third-order valence-electron chi connectivity index (χ3n) is 12.8. The number of aliphatic hydroxyl groups excluding tert-OH is 3. The maximum atomic E-state index is 12.5. The predicted molar refractivity (Wildman–Crippen MR) is 259 cm³/mol. The number of hydrogen-bond acceptors (Lipinski definition) is 4. The van der Waals surface area contributed by atoms with Crippen LogP contribution in [-0.2, 0) is 4.79 Å². The number of hydrogen-bond donors (Lipinski definition) is 4. The second-order valence-corrected chi connectivity index (χ2v) is 18.9. The van der Waals surface area contributed by atoms with E-state index < -0.39 is 18.2 Å². The zero-order chi connectivity index (χ0) is 43.0. The lowest BCUT2D eigenvalue weighted by Gasteiger charge is -2.21. The van der Waals surface area contributed by atoms with Crippen molar-refractivity contribution < 1.29 is 20.1 Å². The molecular formula is C54H107NO4. The van der Waals surface area contributed by atoms with Crippen LogP contribution in [0.3, 0.4) is 0 Å². The summed E-state index contributed by atoms with van der Waals surface area (Å²) in [6.45, 7) is 4.25. The summed E-state index contributed by atoms with van der Waals surface area (Å²) in [7, 11) is 0. The predicted octanol–water partition coefficient (Wildman–Crippen LogP) is 16.3. The van der Waals surface area contributed by atoms with E-state index in [2.05, 4.69) is 19.2 Å². The highest BCUT2D eigenvalue weighted by Gasteiger charge is 2.20. The fourth-order valence-electron chi connectivity index (χ4n) is 8.70. The van der Waals surface area contributed by atoms with E-state index in [0.29, 0.717) is 6.42 Å². The maximum absolute atomic E-state index is 12.5. The second-order valence-electron chi connectivity index (χ2n) is 18.9. The summed E-state index contributed by atoms with van der Waals surface area (Å²) in [4.78, 5) is 12.5. The molecule has 4 N–H and O–H groups in total. The molecule has 59 heavy (non-hydrogen) atoms. The number of unbranched alkanes of at least 4 members (excludes halogenated alkanes) is 41.